The number of rotatable bonds is 12. The number of ether oxygens (including phenoxy) is 1. The normalized spacial score (nSPS) is 14.4. The van der Waals surface area contributed by atoms with Gasteiger partial charge in [0.15, 0.2) is 0 Å². The predicted molar refractivity (Wildman–Crippen MR) is 200 cm³/mol. The summed E-state index contributed by atoms with van der Waals surface area (Å²) in [5.41, 5.74) is 9.30. The molecule has 0 spiro atoms. The van der Waals surface area contributed by atoms with Crippen molar-refractivity contribution in [1.82, 2.24) is 0 Å². The predicted octanol–water partition coefficient (Wildman–Crippen LogP) is 10.3. The Kier molecular flexibility index (Phi) is 11.0. The Balaban J connectivity index is 1.63. The van der Waals surface area contributed by atoms with Crippen LogP contribution in [0.5, 0.6) is 5.75 Å². The van der Waals surface area contributed by atoms with Crippen LogP contribution < -0.4 is 14.5 Å². The molecule has 0 radical (unpaired) electrons. The monoisotopic (exact) mass is 713 g/mol. The summed E-state index contributed by atoms with van der Waals surface area (Å²) < 4.78 is 15.3. The van der Waals surface area contributed by atoms with Crippen molar-refractivity contribution in [3.8, 4) is 5.75 Å². The standard InChI is InChI=1S/C22H28N3O.3C7H7.Zr/c1-15(2)17-9-8-10-18(16(3)4)21(17)25-14-13-24(22(25)23)19-11-6-7-12-20(19)26-5;3*1-7-5-3-2-4-6-7;/h6-12,15-16H,13-14H2,1-5H3;3*2-6H,1H2;/q-1;;;;+1. The molecule has 1 aliphatic heterocycles. The van der Waals surface area contributed by atoms with Gasteiger partial charge in [0.1, 0.15) is 0 Å². The van der Waals surface area contributed by atoms with Crippen LogP contribution in [0.4, 0.5) is 11.4 Å². The molecule has 6 rings (SSSR count). The fourth-order valence-electron chi connectivity index (χ4n) is 7.23. The second-order valence-electron chi connectivity index (χ2n) is 13.7. The van der Waals surface area contributed by atoms with Crippen LogP contribution in [0.2, 0.25) is 0 Å². The van der Waals surface area contributed by atoms with E-state index >= 15 is 0 Å². The maximum absolute atomic E-state index is 6.31. The molecule has 48 heavy (non-hydrogen) atoms. The second kappa shape index (κ2) is 15.5. The number of hydrogen-bond donors (Lipinski definition) is 0. The van der Waals surface area contributed by atoms with Gasteiger partial charge in [-0.05, 0) is 0 Å². The first-order valence-corrected chi connectivity index (χ1v) is 23.7. The van der Waals surface area contributed by atoms with Crippen molar-refractivity contribution < 1.29 is 25.3 Å². The topological polar surface area (TPSA) is 28.1 Å². The number of hydrogen-bond acceptors (Lipinski definition) is 2. The summed E-state index contributed by atoms with van der Waals surface area (Å²) in [6, 6.07) is 48.6. The molecule has 1 saturated heterocycles. The quantitative estimate of drug-likeness (QED) is 0.129. The van der Waals surface area contributed by atoms with E-state index in [1.54, 1.807) is 7.11 Å². The van der Waals surface area contributed by atoms with E-state index in [9.17, 15) is 0 Å². The number of benzene rings is 5. The molecule has 0 N–H and O–H groups in total. The van der Waals surface area contributed by atoms with Crippen LogP contribution >= 0.6 is 0 Å². The number of guanidine groups is 1. The minimum atomic E-state index is -3.66. The van der Waals surface area contributed by atoms with E-state index < -0.39 is 20.6 Å². The van der Waals surface area contributed by atoms with Crippen LogP contribution in [-0.2, 0) is 32.9 Å². The Morgan fingerprint density at radius 1 is 0.562 bits per heavy atom. The van der Waals surface area contributed by atoms with Crippen molar-refractivity contribution >= 4 is 17.3 Å². The third-order valence-electron chi connectivity index (χ3n) is 9.48. The molecule has 0 aliphatic carbocycles. The molecular formula is C43H49N3OZr. The van der Waals surface area contributed by atoms with Crippen LogP contribution in [0.25, 0.3) is 0 Å². The van der Waals surface area contributed by atoms with Crippen LogP contribution in [0.1, 0.15) is 67.3 Å². The average Bonchev–Trinajstić information content (AvgIpc) is 3.51. The molecule has 5 aromatic rings. The van der Waals surface area contributed by atoms with Gasteiger partial charge in [-0.2, -0.15) is 0 Å². The van der Waals surface area contributed by atoms with Crippen LogP contribution in [0, 0.1) is 0 Å². The Labute approximate surface area is 292 Å². The Morgan fingerprint density at radius 2 is 1.00 bits per heavy atom. The van der Waals surface area contributed by atoms with Crippen molar-refractivity contribution in [3.05, 3.63) is 161 Å². The fraction of sp³-hybridized carbons (Fsp3) is 0.279. The number of para-hydroxylation sites is 3. The molecule has 246 valence electrons. The van der Waals surface area contributed by atoms with E-state index in [1.165, 1.54) is 33.5 Å². The molecule has 0 aromatic heterocycles. The molecule has 1 fully saturated rings. The van der Waals surface area contributed by atoms with Gasteiger partial charge in [0, 0.05) is 0 Å². The first-order chi connectivity index (χ1) is 23.4. The second-order valence-corrected chi connectivity index (χ2v) is 22.9. The van der Waals surface area contributed by atoms with Crippen molar-refractivity contribution in [2.75, 3.05) is 30.0 Å². The SMILES string of the molecule is COc1ccccc1N1CCN(c2c(C(C)C)cccc2C(C)C)/C1=[N]/[Zr]([CH2]c1ccccc1)([CH2]c1ccccc1)[CH2]c1ccccc1. The van der Waals surface area contributed by atoms with E-state index in [0.717, 1.165) is 42.9 Å². The summed E-state index contributed by atoms with van der Waals surface area (Å²) in [6.07, 6.45) is 0. The third-order valence-corrected chi connectivity index (χ3v) is 19.0. The summed E-state index contributed by atoms with van der Waals surface area (Å²) in [7, 11) is 1.78. The Bertz CT molecular complexity index is 1680. The number of nitrogens with zero attached hydrogens (tertiary/aromatic N) is 3. The molecule has 0 amide bonds. The summed E-state index contributed by atoms with van der Waals surface area (Å²) in [5, 5.41) is 0. The van der Waals surface area contributed by atoms with Crippen LogP contribution in [0.15, 0.2) is 136 Å². The van der Waals surface area contributed by atoms with E-state index in [-0.39, 0.29) is 0 Å². The molecule has 0 bridgehead atoms. The molecule has 0 atom stereocenters. The van der Waals surface area contributed by atoms with Gasteiger partial charge in [0.25, 0.3) is 0 Å². The van der Waals surface area contributed by atoms with Crippen LogP contribution in [-0.4, -0.2) is 26.2 Å². The van der Waals surface area contributed by atoms with E-state index in [1.807, 2.05) is 0 Å². The fourth-order valence-corrected chi connectivity index (χ4v) is 17.7. The maximum atomic E-state index is 6.31. The van der Waals surface area contributed by atoms with Crippen molar-refractivity contribution in [3.63, 3.8) is 0 Å². The van der Waals surface area contributed by atoms with Gasteiger partial charge in [-0.1, -0.05) is 0 Å². The van der Waals surface area contributed by atoms with Crippen molar-refractivity contribution in [2.45, 2.75) is 51.9 Å². The first kappa shape index (κ1) is 33.9. The van der Waals surface area contributed by atoms with Gasteiger partial charge in [-0.25, -0.2) is 0 Å². The molecule has 0 unspecified atom stereocenters. The van der Waals surface area contributed by atoms with Gasteiger partial charge in [0.2, 0.25) is 0 Å². The summed E-state index contributed by atoms with van der Waals surface area (Å²) in [5.74, 6) is 2.72. The van der Waals surface area contributed by atoms with Gasteiger partial charge < -0.3 is 0 Å². The number of methoxy groups -OCH3 is 1. The molecule has 4 nitrogen and oxygen atoms in total. The zero-order valence-electron chi connectivity index (χ0n) is 29.1. The average molecular weight is 715 g/mol. The van der Waals surface area contributed by atoms with E-state index in [4.69, 9.17) is 7.67 Å². The number of anilines is 2. The summed E-state index contributed by atoms with van der Waals surface area (Å²) in [4.78, 5) is 5.02. The van der Waals surface area contributed by atoms with Crippen molar-refractivity contribution in [1.29, 1.82) is 0 Å². The van der Waals surface area contributed by atoms with Gasteiger partial charge in [0.05, 0.1) is 0 Å². The zero-order chi connectivity index (χ0) is 33.5. The molecule has 5 heteroatoms. The summed E-state index contributed by atoms with van der Waals surface area (Å²) >= 11 is -3.66. The molecule has 1 aliphatic rings. The molecule has 1 heterocycles. The van der Waals surface area contributed by atoms with Gasteiger partial charge >= 0.3 is 295 Å². The zero-order valence-corrected chi connectivity index (χ0v) is 31.6. The third kappa shape index (κ3) is 7.68. The van der Waals surface area contributed by atoms with Crippen molar-refractivity contribution in [2.24, 2.45) is 2.94 Å². The Hall–Kier alpha value is -3.95. The Morgan fingerprint density at radius 3 is 1.46 bits per heavy atom. The first-order valence-electron chi connectivity index (χ1n) is 17.4. The molecular weight excluding hydrogens is 666 g/mol. The molecule has 0 saturated carbocycles. The van der Waals surface area contributed by atoms with Gasteiger partial charge in [-0.15, -0.1) is 0 Å². The van der Waals surface area contributed by atoms with Crippen LogP contribution in [0.3, 0.4) is 0 Å². The van der Waals surface area contributed by atoms with E-state index in [2.05, 4.69) is 171 Å². The summed E-state index contributed by atoms with van der Waals surface area (Å²) in [6.45, 7) is 11.0. The van der Waals surface area contributed by atoms with Gasteiger partial charge in [-0.3, -0.25) is 0 Å². The molecule has 5 aromatic carbocycles. The van der Waals surface area contributed by atoms with E-state index in [0.29, 0.717) is 11.8 Å². The minimum absolute atomic E-state index is 0.381.